The van der Waals surface area contributed by atoms with Crippen molar-refractivity contribution in [3.05, 3.63) is 81.3 Å². The average molecular weight is 444 g/mol. The average Bonchev–Trinajstić information content (AvgIpc) is 3.12. The van der Waals surface area contributed by atoms with Crippen LogP contribution in [0.15, 0.2) is 54.6 Å². The maximum atomic E-state index is 12.7. The van der Waals surface area contributed by atoms with E-state index in [-0.39, 0.29) is 24.8 Å². The fraction of sp³-hybridized carbons (Fsp3) is 0.238. The molecular formula is C21H22ClN5O2S. The molecule has 1 aromatic heterocycles. The van der Waals surface area contributed by atoms with Crippen molar-refractivity contribution >= 4 is 35.6 Å². The van der Waals surface area contributed by atoms with Gasteiger partial charge in [0.25, 0.3) is 5.91 Å². The zero-order valence-corrected chi connectivity index (χ0v) is 18.0. The van der Waals surface area contributed by atoms with Crippen LogP contribution >= 0.6 is 23.8 Å². The van der Waals surface area contributed by atoms with Gasteiger partial charge in [-0.15, -0.1) is 0 Å². The molecule has 0 aliphatic heterocycles. The van der Waals surface area contributed by atoms with E-state index in [1.54, 1.807) is 24.3 Å². The number of benzene rings is 2. The summed E-state index contributed by atoms with van der Waals surface area (Å²) in [5.41, 5.74) is 1.18. The van der Waals surface area contributed by atoms with E-state index in [4.69, 9.17) is 23.8 Å². The van der Waals surface area contributed by atoms with Gasteiger partial charge in [0.1, 0.15) is 0 Å². The molecular weight excluding hydrogens is 422 g/mol. The summed E-state index contributed by atoms with van der Waals surface area (Å²) in [6.45, 7) is 2.84. The minimum Gasteiger partial charge on any atom is -0.349 e. The van der Waals surface area contributed by atoms with Crippen molar-refractivity contribution in [1.29, 1.82) is 0 Å². The number of aromatic amines is 1. The Morgan fingerprint density at radius 1 is 1.17 bits per heavy atom. The Morgan fingerprint density at radius 3 is 2.57 bits per heavy atom. The largest absolute Gasteiger partial charge is 0.349 e. The lowest BCUT2D eigenvalue weighted by Crippen LogP contribution is -2.34. The van der Waals surface area contributed by atoms with Crippen molar-refractivity contribution < 1.29 is 9.59 Å². The molecule has 0 radical (unpaired) electrons. The minimum absolute atomic E-state index is 0.0670. The summed E-state index contributed by atoms with van der Waals surface area (Å²) in [6.07, 6.45) is 0.0670. The van der Waals surface area contributed by atoms with Crippen LogP contribution in [0, 0.1) is 4.77 Å². The summed E-state index contributed by atoms with van der Waals surface area (Å²) in [5, 5.41) is 13.0. The van der Waals surface area contributed by atoms with Gasteiger partial charge >= 0.3 is 0 Å². The number of H-pyrrole nitrogens is 1. The molecule has 1 unspecified atom stereocenters. The molecule has 0 saturated heterocycles. The maximum absolute atomic E-state index is 12.7. The highest BCUT2D eigenvalue weighted by Gasteiger charge is 2.20. The first kappa shape index (κ1) is 21.7. The standard InChI is InChI=1S/C21H22ClN5O2S/c1-2-27-18(25-26-21(27)30)13-23-19(28)12-17(14-8-4-3-5-9-14)24-20(29)15-10-6-7-11-16(15)22/h3-11,17H,2,12-13H2,1H3,(H,23,28)(H,24,29)(H,26,30). The monoisotopic (exact) mass is 443 g/mol. The Kier molecular flexibility index (Phi) is 7.37. The molecule has 30 heavy (non-hydrogen) atoms. The molecule has 2 amide bonds. The lowest BCUT2D eigenvalue weighted by atomic mass is 10.0. The molecule has 3 aromatic rings. The fourth-order valence-corrected chi connectivity index (χ4v) is 3.57. The van der Waals surface area contributed by atoms with Crippen molar-refractivity contribution in [2.45, 2.75) is 32.5 Å². The number of aromatic nitrogens is 3. The number of carbonyl (C=O) groups is 2. The molecule has 156 valence electrons. The SMILES string of the molecule is CCn1c(CNC(=O)CC(NC(=O)c2ccccc2Cl)c2ccccc2)n[nH]c1=S. The predicted molar refractivity (Wildman–Crippen MR) is 118 cm³/mol. The van der Waals surface area contributed by atoms with Gasteiger partial charge in [-0.3, -0.25) is 14.7 Å². The van der Waals surface area contributed by atoms with E-state index in [1.165, 1.54) is 0 Å². The Bertz CT molecular complexity index is 1080. The van der Waals surface area contributed by atoms with E-state index in [0.29, 0.717) is 27.7 Å². The number of hydrogen-bond acceptors (Lipinski definition) is 4. The Balaban J connectivity index is 1.71. The molecule has 1 heterocycles. The Morgan fingerprint density at radius 2 is 1.87 bits per heavy atom. The van der Waals surface area contributed by atoms with Gasteiger partial charge in [-0.25, -0.2) is 0 Å². The van der Waals surface area contributed by atoms with Crippen molar-refractivity contribution in [2.24, 2.45) is 0 Å². The van der Waals surface area contributed by atoms with Crippen LogP contribution in [0.25, 0.3) is 0 Å². The summed E-state index contributed by atoms with van der Waals surface area (Å²) in [4.78, 5) is 25.4. The van der Waals surface area contributed by atoms with E-state index >= 15 is 0 Å². The topological polar surface area (TPSA) is 91.8 Å². The number of carbonyl (C=O) groups excluding carboxylic acids is 2. The van der Waals surface area contributed by atoms with E-state index in [0.717, 1.165) is 5.56 Å². The number of rotatable bonds is 8. The summed E-state index contributed by atoms with van der Waals surface area (Å²) in [6, 6.07) is 15.6. The Hall–Kier alpha value is -2.97. The molecule has 2 aromatic carbocycles. The summed E-state index contributed by atoms with van der Waals surface area (Å²) in [7, 11) is 0. The molecule has 3 N–H and O–H groups in total. The van der Waals surface area contributed by atoms with E-state index in [1.807, 2.05) is 41.8 Å². The number of halogens is 1. The van der Waals surface area contributed by atoms with Gasteiger partial charge in [-0.1, -0.05) is 54.1 Å². The summed E-state index contributed by atoms with van der Waals surface area (Å²) < 4.78 is 2.32. The van der Waals surface area contributed by atoms with Gasteiger partial charge in [0, 0.05) is 6.54 Å². The molecule has 3 rings (SSSR count). The zero-order chi connectivity index (χ0) is 21.5. The van der Waals surface area contributed by atoms with E-state index < -0.39 is 6.04 Å². The number of nitrogens with one attached hydrogen (secondary N) is 3. The van der Waals surface area contributed by atoms with Crippen LogP contribution in [0.3, 0.4) is 0 Å². The van der Waals surface area contributed by atoms with Crippen LogP contribution in [0.4, 0.5) is 0 Å². The van der Waals surface area contributed by atoms with Crippen LogP contribution in [0.5, 0.6) is 0 Å². The van der Waals surface area contributed by atoms with Crippen molar-refractivity contribution in [3.63, 3.8) is 0 Å². The zero-order valence-electron chi connectivity index (χ0n) is 16.4. The smallest absolute Gasteiger partial charge is 0.253 e. The van der Waals surface area contributed by atoms with Crippen molar-refractivity contribution in [2.75, 3.05) is 0 Å². The molecule has 7 nitrogen and oxygen atoms in total. The second kappa shape index (κ2) is 10.2. The van der Waals surface area contributed by atoms with Gasteiger partial charge in [-0.2, -0.15) is 5.10 Å². The van der Waals surface area contributed by atoms with E-state index in [9.17, 15) is 9.59 Å². The highest BCUT2D eigenvalue weighted by Crippen LogP contribution is 2.20. The van der Waals surface area contributed by atoms with Gasteiger partial charge in [0.15, 0.2) is 10.6 Å². The normalized spacial score (nSPS) is 11.7. The van der Waals surface area contributed by atoms with Crippen LogP contribution in [0.2, 0.25) is 5.02 Å². The molecule has 0 spiro atoms. The summed E-state index contributed by atoms with van der Waals surface area (Å²) >= 11 is 11.3. The van der Waals surface area contributed by atoms with Gasteiger partial charge in [0.2, 0.25) is 5.91 Å². The lowest BCUT2D eigenvalue weighted by molar-refractivity contribution is -0.121. The first-order valence-electron chi connectivity index (χ1n) is 9.50. The highest BCUT2D eigenvalue weighted by atomic mass is 35.5. The van der Waals surface area contributed by atoms with Crippen LogP contribution in [0.1, 0.15) is 41.1 Å². The number of nitrogens with zero attached hydrogens (tertiary/aromatic N) is 2. The molecule has 0 bridgehead atoms. The number of amides is 2. The molecule has 0 aliphatic rings. The molecule has 0 aliphatic carbocycles. The molecule has 0 saturated carbocycles. The highest BCUT2D eigenvalue weighted by molar-refractivity contribution is 7.71. The Labute approximate surface area is 184 Å². The number of hydrogen-bond donors (Lipinski definition) is 3. The summed E-state index contributed by atoms with van der Waals surface area (Å²) in [5.74, 6) is 0.0845. The van der Waals surface area contributed by atoms with Crippen molar-refractivity contribution in [3.8, 4) is 0 Å². The second-order valence-corrected chi connectivity index (χ2v) is 7.38. The van der Waals surface area contributed by atoms with Gasteiger partial charge < -0.3 is 15.2 Å². The third-order valence-corrected chi connectivity index (χ3v) is 5.25. The second-order valence-electron chi connectivity index (χ2n) is 6.59. The maximum Gasteiger partial charge on any atom is 0.253 e. The fourth-order valence-electron chi connectivity index (χ4n) is 3.07. The third-order valence-electron chi connectivity index (χ3n) is 4.61. The first-order chi connectivity index (χ1) is 14.5. The third kappa shape index (κ3) is 5.34. The minimum atomic E-state index is -0.512. The van der Waals surface area contributed by atoms with Crippen LogP contribution in [-0.2, 0) is 17.9 Å². The quantitative estimate of drug-likeness (QED) is 0.462. The predicted octanol–water partition coefficient (Wildman–Crippen LogP) is 3.79. The van der Waals surface area contributed by atoms with Crippen LogP contribution < -0.4 is 10.6 Å². The molecule has 1 atom stereocenters. The van der Waals surface area contributed by atoms with Crippen molar-refractivity contribution in [1.82, 2.24) is 25.4 Å². The first-order valence-corrected chi connectivity index (χ1v) is 10.3. The molecule has 9 heteroatoms. The van der Waals surface area contributed by atoms with E-state index in [2.05, 4.69) is 20.8 Å². The van der Waals surface area contributed by atoms with Gasteiger partial charge in [-0.05, 0) is 36.8 Å². The lowest BCUT2D eigenvalue weighted by Gasteiger charge is -2.19. The molecule has 0 fully saturated rings. The van der Waals surface area contributed by atoms with Crippen LogP contribution in [-0.4, -0.2) is 26.6 Å². The van der Waals surface area contributed by atoms with Gasteiger partial charge in [0.05, 0.1) is 29.6 Å².